The summed E-state index contributed by atoms with van der Waals surface area (Å²) in [6.07, 6.45) is -0.230. The molecule has 8 heteroatoms. The van der Waals surface area contributed by atoms with Gasteiger partial charge in [0, 0.05) is 5.75 Å². The third-order valence-corrected chi connectivity index (χ3v) is 4.90. The average Bonchev–Trinajstić information content (AvgIpc) is 2.74. The average molecular weight is 326 g/mol. The predicted octanol–water partition coefficient (Wildman–Crippen LogP) is 0.574. The van der Waals surface area contributed by atoms with Crippen molar-refractivity contribution in [3.05, 3.63) is 35.0 Å². The molecule has 0 radical (unpaired) electrons. The number of hydrogen-bond donors (Lipinski definition) is 3. The monoisotopic (exact) mass is 326 g/mol. The van der Waals surface area contributed by atoms with Gasteiger partial charge in [-0.05, 0) is 12.1 Å². The minimum atomic E-state index is -1.18. The van der Waals surface area contributed by atoms with Gasteiger partial charge in [-0.1, -0.05) is 12.1 Å². The molecule has 0 aliphatic carbocycles. The number of hydrogen-bond acceptors (Lipinski definition) is 6. The van der Waals surface area contributed by atoms with Crippen LogP contribution in [0, 0.1) is 0 Å². The predicted molar refractivity (Wildman–Crippen MR) is 81.2 cm³/mol. The van der Waals surface area contributed by atoms with Gasteiger partial charge in [0.25, 0.3) is 0 Å². The van der Waals surface area contributed by atoms with E-state index >= 15 is 0 Å². The number of thioether (sulfide) groups is 1. The molecule has 1 unspecified atom stereocenters. The van der Waals surface area contributed by atoms with Gasteiger partial charge in [-0.25, -0.2) is 9.98 Å². The molecule has 1 aromatic rings. The van der Waals surface area contributed by atoms with E-state index in [0.717, 1.165) is 0 Å². The lowest BCUT2D eigenvalue weighted by molar-refractivity contribution is -0.137. The van der Waals surface area contributed by atoms with E-state index in [0.29, 0.717) is 10.7 Å². The Hall–Kier alpha value is -1.54. The fourth-order valence-corrected chi connectivity index (χ4v) is 3.63. The Labute approximate surface area is 130 Å². The normalized spacial score (nSPS) is 16.4. The molecular weight excluding hydrogens is 312 g/mol. The molecule has 0 bridgehead atoms. The topological polar surface area (TPSA) is 99.3 Å². The van der Waals surface area contributed by atoms with Crippen LogP contribution in [0.15, 0.2) is 34.3 Å². The number of carboxylic acid groups (broad SMARTS) is 2. The summed E-state index contributed by atoms with van der Waals surface area (Å²) in [5, 5.41) is 18.5. The molecule has 1 atom stereocenters. The first-order valence-corrected chi connectivity index (χ1v) is 7.73. The number of carbonyl (C=O) groups is 2. The number of para-hydroxylation sites is 2. The minimum Gasteiger partial charge on any atom is -0.481 e. The molecule has 2 rings (SSSR count). The van der Waals surface area contributed by atoms with Crippen LogP contribution in [0.1, 0.15) is 12.8 Å². The lowest BCUT2D eigenvalue weighted by Gasteiger charge is -2.26. The van der Waals surface area contributed by atoms with Crippen LogP contribution in [0.2, 0.25) is 0 Å². The van der Waals surface area contributed by atoms with Gasteiger partial charge in [-0.2, -0.15) is 11.8 Å². The summed E-state index contributed by atoms with van der Waals surface area (Å²) < 4.78 is 0. The summed E-state index contributed by atoms with van der Waals surface area (Å²) in [6.45, 7) is 0. The third kappa shape index (κ3) is 3.98. The summed E-state index contributed by atoms with van der Waals surface area (Å²) in [7, 11) is 0. The van der Waals surface area contributed by atoms with Crippen molar-refractivity contribution in [2.24, 2.45) is 9.98 Å². The van der Waals surface area contributed by atoms with Gasteiger partial charge in [0.15, 0.2) is 0 Å². The van der Waals surface area contributed by atoms with Gasteiger partial charge in [0.2, 0.25) is 4.99 Å². The molecule has 1 heterocycles. The Morgan fingerprint density at radius 2 is 1.76 bits per heavy atom. The number of aliphatic carboxylic acids is 2. The highest BCUT2D eigenvalue weighted by Crippen LogP contribution is 2.35. The first-order valence-electron chi connectivity index (χ1n) is 6.23. The Balaban J connectivity index is 2.22. The lowest BCUT2D eigenvalue weighted by Crippen LogP contribution is -2.33. The molecule has 0 fully saturated rings. The number of fused-ring (bicyclic) bond motifs is 1. The summed E-state index contributed by atoms with van der Waals surface area (Å²) in [4.78, 5) is 29.2. The van der Waals surface area contributed by atoms with E-state index in [-0.39, 0.29) is 18.6 Å². The van der Waals surface area contributed by atoms with Crippen molar-refractivity contribution in [1.29, 1.82) is 0 Å². The Kier molecular flexibility index (Phi) is 4.89. The number of rotatable bonds is 7. The maximum atomic E-state index is 11.0. The van der Waals surface area contributed by atoms with Crippen LogP contribution in [-0.2, 0) is 9.59 Å². The summed E-state index contributed by atoms with van der Waals surface area (Å²) in [6, 6.07) is 7.22. The van der Waals surface area contributed by atoms with Crippen LogP contribution < -0.4 is 10.7 Å². The molecule has 1 aromatic carbocycles. The van der Waals surface area contributed by atoms with E-state index in [4.69, 9.17) is 10.2 Å². The van der Waals surface area contributed by atoms with Gasteiger partial charge in [0.05, 0.1) is 28.8 Å². The van der Waals surface area contributed by atoms with Crippen molar-refractivity contribution >= 4 is 36.3 Å². The maximum Gasteiger partial charge on any atom is 0.304 e. The van der Waals surface area contributed by atoms with Crippen LogP contribution in [0.4, 0.5) is 0 Å². The largest absolute Gasteiger partial charge is 0.481 e. The van der Waals surface area contributed by atoms with E-state index in [1.165, 1.54) is 11.8 Å². The Bertz CT molecular complexity index is 642. The fourth-order valence-electron chi connectivity index (χ4n) is 1.93. The van der Waals surface area contributed by atoms with E-state index in [2.05, 4.69) is 22.6 Å². The molecule has 0 spiro atoms. The molecule has 0 amide bonds. The second-order valence-electron chi connectivity index (χ2n) is 4.50. The van der Waals surface area contributed by atoms with Gasteiger partial charge in [-0.3, -0.25) is 9.59 Å². The van der Waals surface area contributed by atoms with Gasteiger partial charge < -0.3 is 10.2 Å². The van der Waals surface area contributed by atoms with E-state index in [1.54, 1.807) is 12.1 Å². The summed E-state index contributed by atoms with van der Waals surface area (Å²) in [5.41, 5.74) is 0. The smallest absolute Gasteiger partial charge is 0.304 e. The Morgan fingerprint density at radius 3 is 2.24 bits per heavy atom. The molecule has 1 aliphatic rings. The molecule has 0 saturated carbocycles. The molecule has 21 heavy (non-hydrogen) atoms. The maximum absolute atomic E-state index is 11.0. The Morgan fingerprint density at radius 1 is 1.19 bits per heavy atom. The molecule has 0 aromatic heterocycles. The molecular formula is C13H14N2O4S2. The van der Waals surface area contributed by atoms with Gasteiger partial charge in [-0.15, -0.1) is 12.6 Å². The van der Waals surface area contributed by atoms with Crippen molar-refractivity contribution < 1.29 is 19.8 Å². The molecule has 1 aliphatic heterocycles. The first kappa shape index (κ1) is 15.8. The molecule has 112 valence electrons. The van der Waals surface area contributed by atoms with Crippen molar-refractivity contribution in [2.45, 2.75) is 23.1 Å². The molecule has 6 nitrogen and oxygen atoms in total. The highest BCUT2D eigenvalue weighted by Gasteiger charge is 2.38. The second-order valence-corrected chi connectivity index (χ2v) is 6.47. The lowest BCUT2D eigenvalue weighted by atomic mass is 10.2. The van der Waals surface area contributed by atoms with E-state index in [1.807, 2.05) is 12.1 Å². The minimum absolute atomic E-state index is 0.0441. The number of nitrogens with zero attached hydrogens (tertiary/aromatic N) is 2. The molecule has 0 saturated heterocycles. The SMILES string of the molecule is O=C(O)CCSC(CC(=O)O)C1(S)N=c2ccccc2=N1. The standard InChI is InChI=1S/C13H14N2O4S2/c16-11(17)5-6-21-10(7-12(18)19)13(20)14-8-3-1-2-4-9(8)15-13/h1-4,10,20H,5-7H2,(H,16,17)(H,18,19). The number of thiol groups is 1. The zero-order valence-electron chi connectivity index (χ0n) is 11.0. The highest BCUT2D eigenvalue weighted by atomic mass is 32.2. The summed E-state index contributed by atoms with van der Waals surface area (Å²) in [5.74, 6) is -1.62. The zero-order chi connectivity index (χ0) is 15.5. The van der Waals surface area contributed by atoms with Crippen LogP contribution in [0.25, 0.3) is 0 Å². The summed E-state index contributed by atoms with van der Waals surface area (Å²) >= 11 is 5.67. The van der Waals surface area contributed by atoms with Crippen LogP contribution in [0.3, 0.4) is 0 Å². The van der Waals surface area contributed by atoms with E-state index < -0.39 is 22.2 Å². The van der Waals surface area contributed by atoms with Crippen LogP contribution >= 0.6 is 24.4 Å². The van der Waals surface area contributed by atoms with Gasteiger partial charge >= 0.3 is 11.9 Å². The van der Waals surface area contributed by atoms with Crippen LogP contribution in [0.5, 0.6) is 0 Å². The fraction of sp³-hybridized carbons (Fsp3) is 0.385. The number of carboxylic acids is 2. The van der Waals surface area contributed by atoms with Crippen molar-refractivity contribution in [3.8, 4) is 0 Å². The second kappa shape index (κ2) is 6.48. The zero-order valence-corrected chi connectivity index (χ0v) is 12.7. The van der Waals surface area contributed by atoms with Crippen molar-refractivity contribution in [3.63, 3.8) is 0 Å². The van der Waals surface area contributed by atoms with Crippen molar-refractivity contribution in [2.75, 3.05) is 5.75 Å². The quantitative estimate of drug-likeness (QED) is 0.636. The highest BCUT2D eigenvalue weighted by molar-refractivity contribution is 8.00. The third-order valence-electron chi connectivity index (χ3n) is 2.88. The van der Waals surface area contributed by atoms with Crippen molar-refractivity contribution in [1.82, 2.24) is 0 Å². The van der Waals surface area contributed by atoms with Crippen LogP contribution in [-0.4, -0.2) is 38.1 Å². The van der Waals surface area contributed by atoms with Gasteiger partial charge in [0.1, 0.15) is 0 Å². The molecule has 2 N–H and O–H groups in total. The van der Waals surface area contributed by atoms with E-state index in [9.17, 15) is 9.59 Å². The number of benzene rings is 1. The first-order chi connectivity index (χ1) is 9.90.